The van der Waals surface area contributed by atoms with Gasteiger partial charge in [-0.25, -0.2) is 4.98 Å². The molecule has 0 spiro atoms. The molecule has 32 heavy (non-hydrogen) atoms. The SMILES string of the molecule is Cc1ccc(SCc2nc(-c3ccc(C(=O)N[C@@H]4CCC[C@@H](C)[C@@H]4C)cc3)oc2C)cc1. The van der Waals surface area contributed by atoms with E-state index in [1.54, 1.807) is 11.8 Å². The minimum absolute atomic E-state index is 0.00118. The normalized spacial score (nSPS) is 20.8. The maximum Gasteiger partial charge on any atom is 0.251 e. The zero-order valence-corrected chi connectivity index (χ0v) is 20.2. The minimum atomic E-state index is 0.00118. The van der Waals surface area contributed by atoms with Crippen LogP contribution < -0.4 is 5.32 Å². The zero-order chi connectivity index (χ0) is 22.7. The van der Waals surface area contributed by atoms with E-state index in [1.807, 2.05) is 31.2 Å². The highest BCUT2D eigenvalue weighted by atomic mass is 32.2. The van der Waals surface area contributed by atoms with Gasteiger partial charge in [-0.15, -0.1) is 11.8 Å². The number of nitrogens with one attached hydrogen (secondary N) is 1. The number of thioether (sulfide) groups is 1. The standard InChI is InChI=1S/C27H32N2O2S/c1-17-8-14-23(15-9-17)32-16-25-20(4)31-27(29-25)22-12-10-21(11-13-22)26(30)28-24-7-5-6-18(2)19(24)3/h8-15,18-19,24H,5-7,16H2,1-4H3,(H,28,30)/t18-,19+,24-/m1/s1. The van der Waals surface area contributed by atoms with Crippen molar-refractivity contribution in [3.05, 3.63) is 71.1 Å². The molecule has 1 saturated carbocycles. The second kappa shape index (κ2) is 9.95. The third-order valence-electron chi connectivity index (χ3n) is 6.71. The summed E-state index contributed by atoms with van der Waals surface area (Å²) in [6.45, 7) is 8.57. The van der Waals surface area contributed by atoms with E-state index in [2.05, 4.69) is 50.4 Å². The van der Waals surface area contributed by atoms with Crippen LogP contribution in [-0.2, 0) is 5.75 Å². The van der Waals surface area contributed by atoms with Gasteiger partial charge in [-0.1, -0.05) is 44.4 Å². The van der Waals surface area contributed by atoms with Crippen LogP contribution in [0.25, 0.3) is 11.5 Å². The number of amides is 1. The van der Waals surface area contributed by atoms with Gasteiger partial charge in [0.2, 0.25) is 5.89 Å². The molecule has 1 amide bonds. The molecule has 0 radical (unpaired) electrons. The molecule has 0 unspecified atom stereocenters. The molecule has 2 aromatic carbocycles. The largest absolute Gasteiger partial charge is 0.441 e. The molecular formula is C27H32N2O2S. The van der Waals surface area contributed by atoms with Gasteiger partial charge in [-0.2, -0.15) is 0 Å². The van der Waals surface area contributed by atoms with Crippen molar-refractivity contribution in [2.24, 2.45) is 11.8 Å². The molecule has 1 fully saturated rings. The Morgan fingerprint density at radius 2 is 1.78 bits per heavy atom. The molecule has 5 heteroatoms. The predicted molar refractivity (Wildman–Crippen MR) is 131 cm³/mol. The fourth-order valence-corrected chi connectivity index (χ4v) is 5.17. The van der Waals surface area contributed by atoms with E-state index in [9.17, 15) is 4.79 Å². The van der Waals surface area contributed by atoms with E-state index in [-0.39, 0.29) is 11.9 Å². The van der Waals surface area contributed by atoms with E-state index in [0.717, 1.165) is 29.2 Å². The Bertz CT molecular complexity index is 1060. The Kier molecular flexibility index (Phi) is 7.04. The van der Waals surface area contributed by atoms with Crippen molar-refractivity contribution in [3.63, 3.8) is 0 Å². The van der Waals surface area contributed by atoms with Gasteiger partial charge in [-0.05, 0) is 68.5 Å². The van der Waals surface area contributed by atoms with Crippen LogP contribution >= 0.6 is 11.8 Å². The Hall–Kier alpha value is -2.53. The first-order valence-corrected chi connectivity index (χ1v) is 12.5. The first kappa shape index (κ1) is 22.7. The third-order valence-corrected chi connectivity index (χ3v) is 7.73. The van der Waals surface area contributed by atoms with Crippen LogP contribution in [0.15, 0.2) is 57.8 Å². The summed E-state index contributed by atoms with van der Waals surface area (Å²) in [6, 6.07) is 16.3. The zero-order valence-electron chi connectivity index (χ0n) is 19.4. The molecule has 3 aromatic rings. The van der Waals surface area contributed by atoms with Crippen molar-refractivity contribution in [1.82, 2.24) is 10.3 Å². The number of carbonyl (C=O) groups is 1. The molecule has 1 N–H and O–H groups in total. The summed E-state index contributed by atoms with van der Waals surface area (Å²) in [4.78, 5) is 18.7. The van der Waals surface area contributed by atoms with Gasteiger partial charge in [0.25, 0.3) is 5.91 Å². The van der Waals surface area contributed by atoms with Gasteiger partial charge in [-0.3, -0.25) is 4.79 Å². The second-order valence-electron chi connectivity index (χ2n) is 9.05. The van der Waals surface area contributed by atoms with Crippen LogP contribution in [0.4, 0.5) is 0 Å². The molecular weight excluding hydrogens is 416 g/mol. The first-order valence-electron chi connectivity index (χ1n) is 11.5. The molecule has 4 nitrogen and oxygen atoms in total. The quantitative estimate of drug-likeness (QED) is 0.421. The highest BCUT2D eigenvalue weighted by Gasteiger charge is 2.28. The molecule has 168 valence electrons. The number of hydrogen-bond donors (Lipinski definition) is 1. The molecule has 1 aliphatic rings. The van der Waals surface area contributed by atoms with E-state index in [1.165, 1.54) is 23.3 Å². The lowest BCUT2D eigenvalue weighted by molar-refractivity contribution is 0.0891. The lowest BCUT2D eigenvalue weighted by Gasteiger charge is -2.34. The minimum Gasteiger partial charge on any atom is -0.441 e. The van der Waals surface area contributed by atoms with E-state index < -0.39 is 0 Å². The van der Waals surface area contributed by atoms with Crippen molar-refractivity contribution in [2.45, 2.75) is 63.6 Å². The predicted octanol–water partition coefficient (Wildman–Crippen LogP) is 6.81. The van der Waals surface area contributed by atoms with Crippen molar-refractivity contribution in [2.75, 3.05) is 0 Å². The van der Waals surface area contributed by atoms with E-state index >= 15 is 0 Å². The monoisotopic (exact) mass is 448 g/mol. The highest BCUT2D eigenvalue weighted by molar-refractivity contribution is 7.98. The van der Waals surface area contributed by atoms with Crippen LogP contribution in [0.3, 0.4) is 0 Å². The summed E-state index contributed by atoms with van der Waals surface area (Å²) in [6.07, 6.45) is 3.50. The lowest BCUT2D eigenvalue weighted by atomic mass is 9.78. The van der Waals surface area contributed by atoms with Crippen LogP contribution in [0.1, 0.15) is 60.5 Å². The summed E-state index contributed by atoms with van der Waals surface area (Å²) >= 11 is 1.75. The second-order valence-corrected chi connectivity index (χ2v) is 10.1. The van der Waals surface area contributed by atoms with Gasteiger partial charge in [0.15, 0.2) is 0 Å². The average molecular weight is 449 g/mol. The van der Waals surface area contributed by atoms with Crippen LogP contribution in [0.5, 0.6) is 0 Å². The number of aryl methyl sites for hydroxylation is 2. The fourth-order valence-electron chi connectivity index (χ4n) is 4.27. The van der Waals surface area contributed by atoms with Gasteiger partial charge in [0.05, 0.1) is 5.69 Å². The number of carbonyl (C=O) groups excluding carboxylic acids is 1. The lowest BCUT2D eigenvalue weighted by Crippen LogP contribution is -2.43. The Balaban J connectivity index is 1.40. The van der Waals surface area contributed by atoms with Gasteiger partial charge in [0.1, 0.15) is 5.76 Å². The number of benzene rings is 2. The van der Waals surface area contributed by atoms with Gasteiger partial charge in [0, 0.05) is 27.8 Å². The van der Waals surface area contributed by atoms with Crippen LogP contribution in [-0.4, -0.2) is 16.9 Å². The molecule has 0 saturated heterocycles. The Labute approximate surface area is 195 Å². The summed E-state index contributed by atoms with van der Waals surface area (Å²) in [5.41, 5.74) is 3.77. The summed E-state index contributed by atoms with van der Waals surface area (Å²) in [5, 5.41) is 3.24. The fraction of sp³-hybridized carbons (Fsp3) is 0.407. The maximum atomic E-state index is 12.8. The number of oxazole rings is 1. The maximum absolute atomic E-state index is 12.8. The van der Waals surface area contributed by atoms with Crippen molar-refractivity contribution >= 4 is 17.7 Å². The summed E-state index contributed by atoms with van der Waals surface area (Å²) in [5.74, 6) is 3.37. The van der Waals surface area contributed by atoms with Crippen molar-refractivity contribution in [1.29, 1.82) is 0 Å². The molecule has 0 bridgehead atoms. The highest BCUT2D eigenvalue weighted by Crippen LogP contribution is 2.30. The summed E-state index contributed by atoms with van der Waals surface area (Å²) < 4.78 is 5.93. The smallest absolute Gasteiger partial charge is 0.251 e. The molecule has 3 atom stereocenters. The summed E-state index contributed by atoms with van der Waals surface area (Å²) in [7, 11) is 0. The van der Waals surface area contributed by atoms with Crippen molar-refractivity contribution < 1.29 is 9.21 Å². The van der Waals surface area contributed by atoms with Crippen LogP contribution in [0, 0.1) is 25.7 Å². The topological polar surface area (TPSA) is 55.1 Å². The number of nitrogens with zero attached hydrogens (tertiary/aromatic N) is 1. The number of aromatic nitrogens is 1. The molecule has 4 rings (SSSR count). The van der Waals surface area contributed by atoms with Crippen LogP contribution in [0.2, 0.25) is 0 Å². The van der Waals surface area contributed by atoms with Gasteiger partial charge >= 0.3 is 0 Å². The number of hydrogen-bond acceptors (Lipinski definition) is 4. The van der Waals surface area contributed by atoms with Crippen molar-refractivity contribution in [3.8, 4) is 11.5 Å². The van der Waals surface area contributed by atoms with E-state index in [0.29, 0.717) is 23.3 Å². The third kappa shape index (κ3) is 5.26. The Morgan fingerprint density at radius 3 is 2.50 bits per heavy atom. The number of rotatable bonds is 6. The first-order chi connectivity index (χ1) is 15.4. The molecule has 0 aliphatic heterocycles. The Morgan fingerprint density at radius 1 is 1.06 bits per heavy atom. The molecule has 1 aromatic heterocycles. The molecule has 1 aliphatic carbocycles. The average Bonchev–Trinajstić information content (AvgIpc) is 3.17. The van der Waals surface area contributed by atoms with Gasteiger partial charge < -0.3 is 9.73 Å². The van der Waals surface area contributed by atoms with E-state index in [4.69, 9.17) is 9.40 Å². The molecule has 1 heterocycles.